The smallest absolute Gasteiger partial charge is 0.282 e. The SMILES string of the molecule is CCc1cc2c(cc1F)c(C#N)c(-c1ccc(S(=O)(=O)N[C@@H](C)C(F)(F)F)cn1)n2-c1nccs1. The number of aryl methyl sites for hydroxylation is 1. The van der Waals surface area contributed by atoms with Gasteiger partial charge in [0.25, 0.3) is 0 Å². The Bertz CT molecular complexity index is 1540. The molecule has 1 atom stereocenters. The number of nitrogens with one attached hydrogen (secondary N) is 1. The van der Waals surface area contributed by atoms with E-state index < -0.39 is 33.0 Å². The number of sulfonamides is 1. The zero-order chi connectivity index (χ0) is 25.5. The van der Waals surface area contributed by atoms with Crippen LogP contribution >= 0.6 is 11.3 Å². The van der Waals surface area contributed by atoms with Crippen molar-refractivity contribution in [2.75, 3.05) is 0 Å². The first kappa shape index (κ1) is 24.8. The lowest BCUT2D eigenvalue weighted by Gasteiger charge is -2.17. The summed E-state index contributed by atoms with van der Waals surface area (Å²) in [6.45, 7) is 2.48. The molecular weight excluding hydrogens is 506 g/mol. The molecule has 0 bridgehead atoms. The van der Waals surface area contributed by atoms with Gasteiger partial charge in [0.05, 0.1) is 22.5 Å². The van der Waals surface area contributed by atoms with Crippen molar-refractivity contribution in [1.82, 2.24) is 19.3 Å². The average Bonchev–Trinajstić information content (AvgIpc) is 3.43. The summed E-state index contributed by atoms with van der Waals surface area (Å²) in [6, 6.07) is 5.03. The van der Waals surface area contributed by atoms with E-state index in [0.29, 0.717) is 34.9 Å². The molecule has 0 amide bonds. The molecule has 3 heterocycles. The Morgan fingerprint density at radius 3 is 2.54 bits per heavy atom. The summed E-state index contributed by atoms with van der Waals surface area (Å²) in [4.78, 5) is 7.95. The number of rotatable bonds is 6. The summed E-state index contributed by atoms with van der Waals surface area (Å²) in [5.74, 6) is -0.474. The van der Waals surface area contributed by atoms with Gasteiger partial charge in [0.15, 0.2) is 5.13 Å². The molecule has 182 valence electrons. The van der Waals surface area contributed by atoms with Crippen molar-refractivity contribution in [2.24, 2.45) is 0 Å². The Morgan fingerprint density at radius 2 is 2.00 bits per heavy atom. The van der Waals surface area contributed by atoms with E-state index >= 15 is 0 Å². The van der Waals surface area contributed by atoms with Gasteiger partial charge in [-0.3, -0.25) is 9.55 Å². The molecule has 0 fully saturated rings. The minimum atomic E-state index is -4.76. The Balaban J connectivity index is 1.89. The molecule has 0 saturated heterocycles. The number of thiazole rings is 1. The molecule has 1 N–H and O–H groups in total. The molecule has 0 aliphatic heterocycles. The van der Waals surface area contributed by atoms with Crippen LogP contribution in [0, 0.1) is 17.1 Å². The number of hydrogen-bond acceptors (Lipinski definition) is 6. The van der Waals surface area contributed by atoms with Crippen molar-refractivity contribution >= 4 is 32.3 Å². The van der Waals surface area contributed by atoms with Gasteiger partial charge in [-0.25, -0.2) is 17.8 Å². The predicted octanol–water partition coefficient (Wildman–Crippen LogP) is 4.95. The minimum absolute atomic E-state index is 0.101. The van der Waals surface area contributed by atoms with Gasteiger partial charge in [-0.2, -0.15) is 23.2 Å². The Morgan fingerprint density at radius 1 is 1.26 bits per heavy atom. The standard InChI is InChI=1S/C22H17F4N5O2S2/c1-3-13-8-19-15(9-17(13)23)16(10-27)20(31(19)21-28-6-7-34-21)18-5-4-14(11-29-18)35(32,33)30-12(2)22(24,25)26/h4-9,11-12,30H,3H2,1-2H3/t12-/m0/s1. The van der Waals surface area contributed by atoms with Crippen LogP contribution < -0.4 is 4.72 Å². The summed E-state index contributed by atoms with van der Waals surface area (Å²) < 4.78 is 81.1. The lowest BCUT2D eigenvalue weighted by molar-refractivity contribution is -0.147. The number of benzene rings is 1. The first-order valence-corrected chi connectivity index (χ1v) is 12.6. The van der Waals surface area contributed by atoms with E-state index in [9.17, 15) is 31.2 Å². The van der Waals surface area contributed by atoms with E-state index in [0.717, 1.165) is 12.3 Å². The molecule has 0 unspecified atom stereocenters. The highest BCUT2D eigenvalue weighted by atomic mass is 32.2. The Labute approximate surface area is 201 Å². The number of nitrogens with zero attached hydrogens (tertiary/aromatic N) is 4. The molecule has 0 radical (unpaired) electrons. The second-order valence-corrected chi connectivity index (χ2v) is 10.2. The molecule has 7 nitrogen and oxygen atoms in total. The predicted molar refractivity (Wildman–Crippen MR) is 122 cm³/mol. The lowest BCUT2D eigenvalue weighted by atomic mass is 10.1. The van der Waals surface area contributed by atoms with Gasteiger partial charge in [0.1, 0.15) is 22.8 Å². The van der Waals surface area contributed by atoms with Crippen molar-refractivity contribution in [2.45, 2.75) is 37.4 Å². The normalized spacial score (nSPS) is 13.2. The van der Waals surface area contributed by atoms with Crippen LogP contribution in [0.3, 0.4) is 0 Å². The van der Waals surface area contributed by atoms with Gasteiger partial charge >= 0.3 is 6.18 Å². The van der Waals surface area contributed by atoms with Crippen molar-refractivity contribution in [1.29, 1.82) is 5.26 Å². The molecule has 3 aromatic heterocycles. The molecule has 13 heteroatoms. The quantitative estimate of drug-likeness (QED) is 0.361. The van der Waals surface area contributed by atoms with Gasteiger partial charge in [-0.1, -0.05) is 6.92 Å². The Hall–Kier alpha value is -3.34. The zero-order valence-corrected chi connectivity index (χ0v) is 19.9. The van der Waals surface area contributed by atoms with Crippen LogP contribution in [0.2, 0.25) is 0 Å². The molecule has 1 aromatic carbocycles. The van der Waals surface area contributed by atoms with Crippen molar-refractivity contribution in [3.63, 3.8) is 0 Å². The molecule has 4 aromatic rings. The summed E-state index contributed by atoms with van der Waals surface area (Å²) >= 11 is 1.27. The van der Waals surface area contributed by atoms with Crippen molar-refractivity contribution in [3.05, 3.63) is 59.0 Å². The second-order valence-electron chi connectivity index (χ2n) is 7.56. The molecule has 0 saturated carbocycles. The number of alkyl halides is 3. The van der Waals surface area contributed by atoms with E-state index in [1.54, 1.807) is 33.9 Å². The summed E-state index contributed by atoms with van der Waals surface area (Å²) in [5.41, 5.74) is 1.47. The van der Waals surface area contributed by atoms with Gasteiger partial charge in [0.2, 0.25) is 10.0 Å². The van der Waals surface area contributed by atoms with Crippen molar-refractivity contribution < 1.29 is 26.0 Å². The topological polar surface area (TPSA) is 101 Å². The van der Waals surface area contributed by atoms with E-state index in [2.05, 4.69) is 16.0 Å². The fraction of sp³-hybridized carbons (Fsp3) is 0.227. The molecule has 0 spiro atoms. The van der Waals surface area contributed by atoms with Crippen LogP contribution in [0.4, 0.5) is 17.6 Å². The van der Waals surface area contributed by atoms with E-state index in [-0.39, 0.29) is 17.0 Å². The van der Waals surface area contributed by atoms with Crippen LogP contribution in [0.15, 0.2) is 46.9 Å². The highest BCUT2D eigenvalue weighted by Crippen LogP contribution is 2.37. The van der Waals surface area contributed by atoms with Crippen LogP contribution in [0.5, 0.6) is 0 Å². The molecule has 0 aliphatic carbocycles. The second kappa shape index (κ2) is 9.03. The third kappa shape index (κ3) is 4.52. The number of pyridine rings is 1. The van der Waals surface area contributed by atoms with Gasteiger partial charge in [-0.15, -0.1) is 11.3 Å². The maximum absolute atomic E-state index is 14.6. The summed E-state index contributed by atoms with van der Waals surface area (Å²) in [6.07, 6.45) is -1.88. The summed E-state index contributed by atoms with van der Waals surface area (Å²) in [7, 11) is -4.51. The number of fused-ring (bicyclic) bond motifs is 1. The van der Waals surface area contributed by atoms with Crippen LogP contribution in [0.1, 0.15) is 25.0 Å². The fourth-order valence-corrected chi connectivity index (χ4v) is 5.38. The van der Waals surface area contributed by atoms with Crippen LogP contribution in [-0.4, -0.2) is 35.2 Å². The first-order chi connectivity index (χ1) is 16.5. The largest absolute Gasteiger partial charge is 0.404 e. The number of aromatic nitrogens is 3. The lowest BCUT2D eigenvalue weighted by Crippen LogP contribution is -2.42. The van der Waals surface area contributed by atoms with Gasteiger partial charge in [-0.05, 0) is 43.2 Å². The number of hydrogen-bond donors (Lipinski definition) is 1. The molecule has 4 rings (SSSR count). The third-order valence-corrected chi connectivity index (χ3v) is 7.63. The van der Waals surface area contributed by atoms with Crippen molar-refractivity contribution in [3.8, 4) is 22.6 Å². The Kier molecular flexibility index (Phi) is 6.39. The maximum atomic E-state index is 14.6. The van der Waals surface area contributed by atoms with Gasteiger partial charge in [0, 0.05) is 23.2 Å². The zero-order valence-electron chi connectivity index (χ0n) is 18.3. The monoisotopic (exact) mass is 523 g/mol. The van der Waals surface area contributed by atoms with Crippen LogP contribution in [0.25, 0.3) is 27.4 Å². The minimum Gasteiger partial charge on any atom is -0.282 e. The molecule has 35 heavy (non-hydrogen) atoms. The first-order valence-electron chi connectivity index (χ1n) is 10.2. The maximum Gasteiger partial charge on any atom is 0.404 e. The van der Waals surface area contributed by atoms with E-state index in [1.165, 1.54) is 23.5 Å². The van der Waals surface area contributed by atoms with Crippen LogP contribution in [-0.2, 0) is 16.4 Å². The highest BCUT2D eigenvalue weighted by Gasteiger charge is 2.39. The third-order valence-electron chi connectivity index (χ3n) is 5.35. The fourth-order valence-electron chi connectivity index (χ4n) is 3.55. The van der Waals surface area contributed by atoms with Gasteiger partial charge < -0.3 is 0 Å². The number of halogens is 4. The number of nitriles is 1. The van der Waals surface area contributed by atoms with E-state index in [1.807, 2.05) is 0 Å². The molecular formula is C22H17F4N5O2S2. The average molecular weight is 524 g/mol. The summed E-state index contributed by atoms with van der Waals surface area (Å²) in [5, 5.41) is 12.4. The highest BCUT2D eigenvalue weighted by molar-refractivity contribution is 7.89. The molecule has 0 aliphatic rings. The van der Waals surface area contributed by atoms with E-state index in [4.69, 9.17) is 0 Å².